The zero-order valence-corrected chi connectivity index (χ0v) is 9.66. The van der Waals surface area contributed by atoms with E-state index in [0.717, 1.165) is 26.1 Å². The molecule has 0 spiro atoms. The average Bonchev–Trinajstić information content (AvgIpc) is 2.90. The second kappa shape index (κ2) is 4.82. The summed E-state index contributed by atoms with van der Waals surface area (Å²) < 4.78 is 0. The maximum Gasteiger partial charge on any atom is 0.245 e. The molecule has 0 aromatic rings. The minimum Gasteiger partial charge on any atom is -0.344 e. The van der Waals surface area contributed by atoms with Gasteiger partial charge in [0.2, 0.25) is 11.8 Å². The molecule has 1 unspecified atom stereocenters. The number of nitrogens with zero attached hydrogens (tertiary/aromatic N) is 1. The standard InChI is InChI=1S/C11H19N3O2/c1-2-14(8-5-6-12-7-8)11(16)9-3-4-10(15)13-9/h8-9,12H,2-7H2,1H3,(H,13,15)/t8?,9-/m0/s1. The van der Waals surface area contributed by atoms with E-state index in [9.17, 15) is 9.59 Å². The van der Waals surface area contributed by atoms with E-state index in [1.807, 2.05) is 11.8 Å². The van der Waals surface area contributed by atoms with Crippen LogP contribution in [0.25, 0.3) is 0 Å². The van der Waals surface area contributed by atoms with Crippen LogP contribution < -0.4 is 10.6 Å². The highest BCUT2D eigenvalue weighted by molar-refractivity contribution is 5.91. The van der Waals surface area contributed by atoms with Gasteiger partial charge in [-0.1, -0.05) is 0 Å². The van der Waals surface area contributed by atoms with Gasteiger partial charge in [-0.25, -0.2) is 0 Å². The van der Waals surface area contributed by atoms with Gasteiger partial charge in [-0.05, 0) is 26.3 Å². The molecule has 2 atom stereocenters. The van der Waals surface area contributed by atoms with Crippen molar-refractivity contribution >= 4 is 11.8 Å². The van der Waals surface area contributed by atoms with Crippen molar-refractivity contribution in [1.29, 1.82) is 0 Å². The molecule has 0 bridgehead atoms. The SMILES string of the molecule is CCN(C(=O)[C@@H]1CCC(=O)N1)C1CCNC1. The van der Waals surface area contributed by atoms with Crippen molar-refractivity contribution in [1.82, 2.24) is 15.5 Å². The third-order valence-corrected chi connectivity index (χ3v) is 3.39. The quantitative estimate of drug-likeness (QED) is 0.679. The van der Waals surface area contributed by atoms with E-state index in [4.69, 9.17) is 0 Å². The lowest BCUT2D eigenvalue weighted by molar-refractivity contribution is -0.136. The molecule has 2 heterocycles. The first-order valence-corrected chi connectivity index (χ1v) is 6.03. The van der Waals surface area contributed by atoms with Crippen LogP contribution in [0.5, 0.6) is 0 Å². The molecule has 2 N–H and O–H groups in total. The van der Waals surface area contributed by atoms with Crippen molar-refractivity contribution in [2.45, 2.75) is 38.3 Å². The summed E-state index contributed by atoms with van der Waals surface area (Å²) in [4.78, 5) is 25.2. The normalized spacial score (nSPS) is 29.2. The smallest absolute Gasteiger partial charge is 0.245 e. The van der Waals surface area contributed by atoms with E-state index in [-0.39, 0.29) is 17.9 Å². The second-order valence-corrected chi connectivity index (χ2v) is 4.43. The first-order valence-electron chi connectivity index (χ1n) is 6.03. The summed E-state index contributed by atoms with van der Waals surface area (Å²) in [6.45, 7) is 4.57. The fourth-order valence-corrected chi connectivity index (χ4v) is 2.50. The Bertz CT molecular complexity index is 287. The van der Waals surface area contributed by atoms with Crippen LogP contribution in [0, 0.1) is 0 Å². The van der Waals surface area contributed by atoms with Crippen LogP contribution in [0.4, 0.5) is 0 Å². The third-order valence-electron chi connectivity index (χ3n) is 3.39. The van der Waals surface area contributed by atoms with E-state index < -0.39 is 0 Å². The number of carbonyl (C=O) groups is 2. The molecule has 0 aromatic carbocycles. The lowest BCUT2D eigenvalue weighted by Crippen LogP contribution is -2.49. The summed E-state index contributed by atoms with van der Waals surface area (Å²) in [5.74, 6) is 0.0843. The Balaban J connectivity index is 1.97. The molecule has 2 aliphatic heterocycles. The molecule has 2 saturated heterocycles. The molecule has 2 amide bonds. The predicted octanol–water partition coefficient (Wildman–Crippen LogP) is -0.525. The lowest BCUT2D eigenvalue weighted by atomic mass is 10.1. The fraction of sp³-hybridized carbons (Fsp3) is 0.818. The van der Waals surface area contributed by atoms with E-state index >= 15 is 0 Å². The average molecular weight is 225 g/mol. The monoisotopic (exact) mass is 225 g/mol. The van der Waals surface area contributed by atoms with Gasteiger partial charge in [-0.2, -0.15) is 0 Å². The van der Waals surface area contributed by atoms with Crippen molar-refractivity contribution in [2.24, 2.45) is 0 Å². The zero-order valence-electron chi connectivity index (χ0n) is 9.66. The maximum atomic E-state index is 12.2. The van der Waals surface area contributed by atoms with E-state index in [0.29, 0.717) is 18.9 Å². The molecule has 0 aromatic heterocycles. The Kier molecular flexibility index (Phi) is 3.43. The Morgan fingerprint density at radius 1 is 1.50 bits per heavy atom. The second-order valence-electron chi connectivity index (χ2n) is 4.43. The first-order chi connectivity index (χ1) is 7.72. The molecule has 5 heteroatoms. The summed E-state index contributed by atoms with van der Waals surface area (Å²) in [5.41, 5.74) is 0. The number of hydrogen-bond acceptors (Lipinski definition) is 3. The van der Waals surface area contributed by atoms with Gasteiger partial charge in [0, 0.05) is 25.6 Å². The van der Waals surface area contributed by atoms with E-state index in [1.165, 1.54) is 0 Å². The number of rotatable bonds is 3. The largest absolute Gasteiger partial charge is 0.344 e. The molecule has 2 rings (SSSR count). The Morgan fingerprint density at radius 2 is 2.31 bits per heavy atom. The van der Waals surface area contributed by atoms with E-state index in [2.05, 4.69) is 10.6 Å². The highest BCUT2D eigenvalue weighted by Crippen LogP contribution is 2.14. The van der Waals surface area contributed by atoms with Crippen molar-refractivity contribution < 1.29 is 9.59 Å². The number of carbonyl (C=O) groups excluding carboxylic acids is 2. The third kappa shape index (κ3) is 2.19. The van der Waals surface area contributed by atoms with Crippen LogP contribution in [-0.4, -0.2) is 48.4 Å². The van der Waals surface area contributed by atoms with Crippen LogP contribution >= 0.6 is 0 Å². The summed E-state index contributed by atoms with van der Waals surface area (Å²) in [5, 5.41) is 6.00. The maximum absolute atomic E-state index is 12.2. The molecule has 90 valence electrons. The molecule has 2 fully saturated rings. The minimum atomic E-state index is -0.284. The Morgan fingerprint density at radius 3 is 2.81 bits per heavy atom. The van der Waals surface area contributed by atoms with Gasteiger partial charge in [0.25, 0.3) is 0 Å². The predicted molar refractivity (Wildman–Crippen MR) is 59.8 cm³/mol. The van der Waals surface area contributed by atoms with E-state index in [1.54, 1.807) is 0 Å². The topological polar surface area (TPSA) is 61.4 Å². The van der Waals surface area contributed by atoms with Crippen LogP contribution in [-0.2, 0) is 9.59 Å². The molecule has 0 aliphatic carbocycles. The molecule has 16 heavy (non-hydrogen) atoms. The summed E-state index contributed by atoms with van der Waals surface area (Å²) >= 11 is 0. The van der Waals surface area contributed by atoms with Crippen molar-refractivity contribution in [2.75, 3.05) is 19.6 Å². The van der Waals surface area contributed by atoms with Gasteiger partial charge in [0.15, 0.2) is 0 Å². The highest BCUT2D eigenvalue weighted by atomic mass is 16.2. The van der Waals surface area contributed by atoms with Gasteiger partial charge in [-0.15, -0.1) is 0 Å². The number of hydrogen-bond donors (Lipinski definition) is 2. The molecule has 5 nitrogen and oxygen atoms in total. The number of nitrogens with one attached hydrogen (secondary N) is 2. The molecular weight excluding hydrogens is 206 g/mol. The van der Waals surface area contributed by atoms with Crippen LogP contribution in [0.3, 0.4) is 0 Å². The number of likely N-dealkylation sites (N-methyl/N-ethyl adjacent to an activating group) is 1. The Hall–Kier alpha value is -1.10. The number of amides is 2. The van der Waals surface area contributed by atoms with Gasteiger partial charge in [-0.3, -0.25) is 9.59 Å². The van der Waals surface area contributed by atoms with Gasteiger partial charge in [0.05, 0.1) is 0 Å². The Labute approximate surface area is 95.6 Å². The minimum absolute atomic E-state index is 0.000972. The highest BCUT2D eigenvalue weighted by Gasteiger charge is 2.33. The zero-order chi connectivity index (χ0) is 11.5. The molecule has 2 aliphatic rings. The molecule has 0 radical (unpaired) electrons. The van der Waals surface area contributed by atoms with Crippen LogP contribution in [0.2, 0.25) is 0 Å². The van der Waals surface area contributed by atoms with Crippen molar-refractivity contribution in [3.63, 3.8) is 0 Å². The lowest BCUT2D eigenvalue weighted by Gasteiger charge is -2.29. The summed E-state index contributed by atoms with van der Waals surface area (Å²) in [7, 11) is 0. The summed E-state index contributed by atoms with van der Waals surface area (Å²) in [6.07, 6.45) is 2.14. The molecular formula is C11H19N3O2. The first kappa shape index (κ1) is 11.4. The molecule has 0 saturated carbocycles. The van der Waals surface area contributed by atoms with Gasteiger partial charge < -0.3 is 15.5 Å². The summed E-state index contributed by atoms with van der Waals surface area (Å²) in [6, 6.07) is 0.0167. The van der Waals surface area contributed by atoms with Crippen LogP contribution in [0.15, 0.2) is 0 Å². The fourth-order valence-electron chi connectivity index (χ4n) is 2.50. The van der Waals surface area contributed by atoms with Crippen molar-refractivity contribution in [3.05, 3.63) is 0 Å². The van der Waals surface area contributed by atoms with Gasteiger partial charge >= 0.3 is 0 Å². The van der Waals surface area contributed by atoms with Crippen molar-refractivity contribution in [3.8, 4) is 0 Å². The van der Waals surface area contributed by atoms with Crippen LogP contribution in [0.1, 0.15) is 26.2 Å². The van der Waals surface area contributed by atoms with Gasteiger partial charge in [0.1, 0.15) is 6.04 Å².